The number of carbonyl (C=O) groups is 3. The molecule has 2 N–H and O–H groups in total. The molecule has 9 heteroatoms. The van der Waals surface area contributed by atoms with Gasteiger partial charge >= 0.3 is 5.97 Å². The van der Waals surface area contributed by atoms with Crippen molar-refractivity contribution in [2.24, 2.45) is 0 Å². The van der Waals surface area contributed by atoms with E-state index in [0.717, 1.165) is 6.42 Å². The molecule has 1 atom stereocenters. The first kappa shape index (κ1) is 23.5. The molecule has 9 nitrogen and oxygen atoms in total. The fraction of sp³-hybridized carbons (Fsp3) is 0.318. The second kappa shape index (κ2) is 12.1. The van der Waals surface area contributed by atoms with Crippen molar-refractivity contribution in [3.05, 3.63) is 54.1 Å². The fourth-order valence-electron chi connectivity index (χ4n) is 2.30. The first-order chi connectivity index (χ1) is 14.9. The summed E-state index contributed by atoms with van der Waals surface area (Å²) < 4.78 is 20.9. The summed E-state index contributed by atoms with van der Waals surface area (Å²) in [4.78, 5) is 35.7. The summed E-state index contributed by atoms with van der Waals surface area (Å²) in [5.41, 5.74) is 4.92. The van der Waals surface area contributed by atoms with E-state index in [2.05, 4.69) is 10.9 Å². The van der Waals surface area contributed by atoms with Gasteiger partial charge in [-0.15, -0.1) is 0 Å². The number of methoxy groups -OCH3 is 1. The van der Waals surface area contributed by atoms with Gasteiger partial charge in [-0.2, -0.15) is 0 Å². The van der Waals surface area contributed by atoms with Crippen LogP contribution in [0.15, 0.2) is 48.5 Å². The van der Waals surface area contributed by atoms with Gasteiger partial charge in [0.1, 0.15) is 17.2 Å². The quantitative estimate of drug-likeness (QED) is 0.439. The minimum atomic E-state index is -0.838. The summed E-state index contributed by atoms with van der Waals surface area (Å²) in [6.45, 7) is 3.49. The molecular weight excluding hydrogens is 404 g/mol. The average molecular weight is 430 g/mol. The van der Waals surface area contributed by atoms with Gasteiger partial charge in [0.2, 0.25) is 0 Å². The number of carbonyl (C=O) groups excluding carboxylic acids is 3. The molecule has 0 saturated heterocycles. The number of hydrogen-bond donors (Lipinski definition) is 2. The molecule has 0 heterocycles. The van der Waals surface area contributed by atoms with Crippen LogP contribution in [0.1, 0.15) is 30.6 Å². The van der Waals surface area contributed by atoms with Crippen molar-refractivity contribution < 1.29 is 33.3 Å². The molecule has 0 aliphatic heterocycles. The first-order valence-electron chi connectivity index (χ1n) is 9.72. The lowest BCUT2D eigenvalue weighted by Crippen LogP contribution is -2.48. The van der Waals surface area contributed by atoms with Crippen LogP contribution in [0.4, 0.5) is 0 Å². The number of hydrazine groups is 1. The second-order valence-corrected chi connectivity index (χ2v) is 6.42. The summed E-state index contributed by atoms with van der Waals surface area (Å²) >= 11 is 0. The third-order valence-corrected chi connectivity index (χ3v) is 3.96. The molecule has 0 saturated carbocycles. The zero-order valence-corrected chi connectivity index (χ0v) is 17.7. The van der Waals surface area contributed by atoms with Crippen LogP contribution >= 0.6 is 0 Å². The molecule has 0 fully saturated rings. The molecular formula is C22H26N2O7. The van der Waals surface area contributed by atoms with Crippen LogP contribution in [-0.4, -0.2) is 44.2 Å². The second-order valence-electron chi connectivity index (χ2n) is 6.42. The zero-order chi connectivity index (χ0) is 22.6. The molecule has 0 aliphatic carbocycles. The Morgan fingerprint density at radius 1 is 0.903 bits per heavy atom. The van der Waals surface area contributed by atoms with Crippen molar-refractivity contribution in [3.63, 3.8) is 0 Å². The Bertz CT molecular complexity index is 866. The monoisotopic (exact) mass is 430 g/mol. The maximum absolute atomic E-state index is 12.1. The Balaban J connectivity index is 1.71. The Labute approximate surface area is 180 Å². The van der Waals surface area contributed by atoms with Gasteiger partial charge in [-0.05, 0) is 61.9 Å². The van der Waals surface area contributed by atoms with Crippen molar-refractivity contribution in [1.82, 2.24) is 10.9 Å². The Morgan fingerprint density at radius 2 is 1.52 bits per heavy atom. The number of ether oxygens (including phenoxy) is 4. The third kappa shape index (κ3) is 7.88. The van der Waals surface area contributed by atoms with Gasteiger partial charge in [-0.1, -0.05) is 6.92 Å². The van der Waals surface area contributed by atoms with E-state index in [1.165, 1.54) is 0 Å². The summed E-state index contributed by atoms with van der Waals surface area (Å²) in [5.74, 6) is 0.0445. The maximum Gasteiger partial charge on any atom is 0.338 e. The number of benzene rings is 2. The van der Waals surface area contributed by atoms with Crippen LogP contribution in [0, 0.1) is 0 Å². The van der Waals surface area contributed by atoms with E-state index in [9.17, 15) is 14.4 Å². The van der Waals surface area contributed by atoms with Crippen molar-refractivity contribution >= 4 is 17.8 Å². The lowest BCUT2D eigenvalue weighted by Gasteiger charge is -2.15. The standard InChI is InChI=1S/C22H26N2O7/c1-4-13-29-22(27)16-5-7-18(8-6-16)30-14-20(25)23-24-21(26)15(2)31-19-11-9-17(28-3)10-12-19/h5-12,15H,4,13-14H2,1-3H3,(H,23,25)(H,24,26). The van der Waals surface area contributed by atoms with Crippen molar-refractivity contribution in [2.45, 2.75) is 26.4 Å². The molecule has 2 aromatic rings. The topological polar surface area (TPSA) is 112 Å². The molecule has 31 heavy (non-hydrogen) atoms. The molecule has 0 bridgehead atoms. The van der Waals surface area contributed by atoms with Gasteiger partial charge in [-0.25, -0.2) is 4.79 Å². The smallest absolute Gasteiger partial charge is 0.338 e. The summed E-state index contributed by atoms with van der Waals surface area (Å²) in [6.07, 6.45) is -0.0973. The SMILES string of the molecule is CCCOC(=O)c1ccc(OCC(=O)NNC(=O)C(C)Oc2ccc(OC)cc2)cc1. The fourth-order valence-corrected chi connectivity index (χ4v) is 2.30. The van der Waals surface area contributed by atoms with Crippen molar-refractivity contribution in [2.75, 3.05) is 20.3 Å². The molecule has 0 aromatic heterocycles. The van der Waals surface area contributed by atoms with E-state index in [-0.39, 0.29) is 6.61 Å². The normalized spacial score (nSPS) is 11.1. The van der Waals surface area contributed by atoms with E-state index in [0.29, 0.717) is 29.4 Å². The maximum atomic E-state index is 12.1. The molecule has 0 aliphatic rings. The molecule has 0 radical (unpaired) electrons. The Hall–Kier alpha value is -3.75. The first-order valence-corrected chi connectivity index (χ1v) is 9.72. The van der Waals surface area contributed by atoms with E-state index in [1.54, 1.807) is 62.6 Å². The number of esters is 1. The highest BCUT2D eigenvalue weighted by Gasteiger charge is 2.16. The molecule has 166 valence electrons. The van der Waals surface area contributed by atoms with E-state index >= 15 is 0 Å². The highest BCUT2D eigenvalue weighted by Crippen LogP contribution is 2.18. The zero-order valence-electron chi connectivity index (χ0n) is 17.7. The lowest BCUT2D eigenvalue weighted by atomic mass is 10.2. The average Bonchev–Trinajstić information content (AvgIpc) is 2.80. The number of nitrogens with one attached hydrogen (secondary N) is 2. The molecule has 2 rings (SSSR count). The van der Waals surface area contributed by atoms with Gasteiger partial charge in [0.15, 0.2) is 12.7 Å². The van der Waals surface area contributed by atoms with Gasteiger partial charge in [0.05, 0.1) is 19.3 Å². The highest BCUT2D eigenvalue weighted by molar-refractivity contribution is 5.89. The van der Waals surface area contributed by atoms with Gasteiger partial charge < -0.3 is 18.9 Å². The largest absolute Gasteiger partial charge is 0.497 e. The van der Waals surface area contributed by atoms with E-state index < -0.39 is 23.9 Å². The third-order valence-electron chi connectivity index (χ3n) is 3.96. The van der Waals surface area contributed by atoms with E-state index in [4.69, 9.17) is 18.9 Å². The van der Waals surface area contributed by atoms with E-state index in [1.807, 2.05) is 6.92 Å². The van der Waals surface area contributed by atoms with Crippen molar-refractivity contribution in [1.29, 1.82) is 0 Å². The van der Waals surface area contributed by atoms with Gasteiger partial charge in [0.25, 0.3) is 11.8 Å². The number of amides is 2. The number of rotatable bonds is 10. The minimum Gasteiger partial charge on any atom is -0.497 e. The van der Waals surface area contributed by atoms with Crippen LogP contribution < -0.4 is 25.1 Å². The van der Waals surface area contributed by atoms with Crippen LogP contribution in [0.2, 0.25) is 0 Å². The summed E-state index contributed by atoms with van der Waals surface area (Å²) in [7, 11) is 1.55. The molecule has 2 aromatic carbocycles. The molecule has 0 spiro atoms. The van der Waals surface area contributed by atoms with Crippen LogP contribution in [0.3, 0.4) is 0 Å². The molecule has 2 amide bonds. The number of hydrogen-bond acceptors (Lipinski definition) is 7. The van der Waals surface area contributed by atoms with Crippen molar-refractivity contribution in [3.8, 4) is 17.2 Å². The predicted octanol–water partition coefficient (Wildman–Crippen LogP) is 2.26. The summed E-state index contributed by atoms with van der Waals surface area (Å²) in [5, 5.41) is 0. The van der Waals surface area contributed by atoms with Gasteiger partial charge in [-0.3, -0.25) is 20.4 Å². The Kier molecular flexibility index (Phi) is 9.15. The lowest BCUT2D eigenvalue weighted by molar-refractivity contribution is -0.133. The van der Waals surface area contributed by atoms with Crippen LogP contribution in [0.25, 0.3) is 0 Å². The Morgan fingerprint density at radius 3 is 2.13 bits per heavy atom. The highest BCUT2D eigenvalue weighted by atomic mass is 16.5. The predicted molar refractivity (Wildman–Crippen MR) is 112 cm³/mol. The van der Waals surface area contributed by atoms with Crippen LogP contribution in [-0.2, 0) is 14.3 Å². The van der Waals surface area contributed by atoms with Gasteiger partial charge in [0, 0.05) is 0 Å². The van der Waals surface area contributed by atoms with Crippen LogP contribution in [0.5, 0.6) is 17.2 Å². The summed E-state index contributed by atoms with van der Waals surface area (Å²) in [6, 6.07) is 13.0. The minimum absolute atomic E-state index is 0.326. The molecule has 1 unspecified atom stereocenters.